The molecule has 0 unspecified atom stereocenters. The number of rotatable bonds is 5. The Morgan fingerprint density at radius 3 is 2.94 bits per heavy atom. The lowest BCUT2D eigenvalue weighted by molar-refractivity contribution is -0.146. The maximum Gasteiger partial charge on any atom is 0.323 e. The minimum absolute atomic E-state index is 0.219. The normalized spacial score (nSPS) is 12.2. The maximum atomic E-state index is 11.4. The van der Waals surface area contributed by atoms with Crippen molar-refractivity contribution in [3.63, 3.8) is 0 Å². The SMILES string of the molecule is CCC[C@H](N)C(=O)OCc1cccc(Cl)c1. The molecule has 3 nitrogen and oxygen atoms in total. The molecule has 0 radical (unpaired) electrons. The predicted octanol–water partition coefficient (Wildman–Crippen LogP) is 2.51. The van der Waals surface area contributed by atoms with Crippen molar-refractivity contribution in [1.82, 2.24) is 0 Å². The van der Waals surface area contributed by atoms with Crippen LogP contribution in [0, 0.1) is 0 Å². The summed E-state index contributed by atoms with van der Waals surface area (Å²) in [6, 6.07) is 6.68. The summed E-state index contributed by atoms with van der Waals surface area (Å²) in [4.78, 5) is 11.4. The molecule has 0 saturated carbocycles. The van der Waals surface area contributed by atoms with Crippen molar-refractivity contribution in [3.8, 4) is 0 Å². The van der Waals surface area contributed by atoms with Gasteiger partial charge >= 0.3 is 5.97 Å². The van der Waals surface area contributed by atoms with Crippen molar-refractivity contribution in [3.05, 3.63) is 34.9 Å². The quantitative estimate of drug-likeness (QED) is 0.806. The Kier molecular flexibility index (Phi) is 5.29. The summed E-state index contributed by atoms with van der Waals surface area (Å²) in [5.41, 5.74) is 6.49. The number of halogens is 1. The fourth-order valence-electron chi connectivity index (χ4n) is 1.32. The molecule has 0 saturated heterocycles. The first-order chi connectivity index (χ1) is 7.63. The van der Waals surface area contributed by atoms with E-state index in [1.807, 2.05) is 19.1 Å². The number of esters is 1. The van der Waals surface area contributed by atoms with E-state index in [1.54, 1.807) is 12.1 Å². The third kappa shape index (κ3) is 4.21. The fourth-order valence-corrected chi connectivity index (χ4v) is 1.53. The summed E-state index contributed by atoms with van der Waals surface area (Å²) in [7, 11) is 0. The topological polar surface area (TPSA) is 52.3 Å². The predicted molar refractivity (Wildman–Crippen MR) is 64.1 cm³/mol. The summed E-state index contributed by atoms with van der Waals surface area (Å²) in [5.74, 6) is -0.359. The molecule has 0 amide bonds. The van der Waals surface area contributed by atoms with Crippen LogP contribution < -0.4 is 5.73 Å². The van der Waals surface area contributed by atoms with E-state index in [1.165, 1.54) is 0 Å². The molecular weight excluding hydrogens is 226 g/mol. The number of carbonyl (C=O) groups is 1. The zero-order valence-corrected chi connectivity index (χ0v) is 10.0. The second-order valence-corrected chi connectivity index (χ2v) is 4.07. The lowest BCUT2D eigenvalue weighted by Gasteiger charge is -2.10. The lowest BCUT2D eigenvalue weighted by Crippen LogP contribution is -2.31. The standard InChI is InChI=1S/C12H16ClNO2/c1-2-4-11(14)12(15)16-8-9-5-3-6-10(13)7-9/h3,5-7,11H,2,4,8,14H2,1H3/t11-/m0/s1. The van der Waals surface area contributed by atoms with E-state index >= 15 is 0 Å². The molecule has 0 aliphatic rings. The van der Waals surface area contributed by atoms with E-state index in [9.17, 15) is 4.79 Å². The second-order valence-electron chi connectivity index (χ2n) is 3.63. The van der Waals surface area contributed by atoms with Gasteiger partial charge in [0.2, 0.25) is 0 Å². The van der Waals surface area contributed by atoms with Crippen LogP contribution in [0.15, 0.2) is 24.3 Å². The van der Waals surface area contributed by atoms with Crippen LogP contribution in [0.25, 0.3) is 0 Å². The third-order valence-electron chi connectivity index (χ3n) is 2.17. The van der Waals surface area contributed by atoms with Gasteiger partial charge in [0.05, 0.1) is 0 Å². The molecule has 0 fully saturated rings. The number of ether oxygens (including phenoxy) is 1. The van der Waals surface area contributed by atoms with Crippen LogP contribution in [0.2, 0.25) is 5.02 Å². The maximum absolute atomic E-state index is 11.4. The minimum atomic E-state index is -0.524. The van der Waals surface area contributed by atoms with Crippen LogP contribution in [0.4, 0.5) is 0 Å². The second kappa shape index (κ2) is 6.51. The highest BCUT2D eigenvalue weighted by atomic mass is 35.5. The Bertz CT molecular complexity index is 355. The summed E-state index contributed by atoms with van der Waals surface area (Å²) < 4.78 is 5.07. The number of hydrogen-bond donors (Lipinski definition) is 1. The molecule has 2 N–H and O–H groups in total. The molecule has 1 atom stereocenters. The van der Waals surface area contributed by atoms with Gasteiger partial charge in [0.15, 0.2) is 0 Å². The number of nitrogens with two attached hydrogens (primary N) is 1. The van der Waals surface area contributed by atoms with E-state index < -0.39 is 6.04 Å². The van der Waals surface area contributed by atoms with Gasteiger partial charge in [0, 0.05) is 5.02 Å². The highest BCUT2D eigenvalue weighted by Crippen LogP contribution is 2.11. The summed E-state index contributed by atoms with van der Waals surface area (Å²) in [6.07, 6.45) is 1.52. The van der Waals surface area contributed by atoms with Gasteiger partial charge in [-0.05, 0) is 24.1 Å². The van der Waals surface area contributed by atoms with Gasteiger partial charge in [-0.1, -0.05) is 37.1 Å². The molecule has 0 aliphatic heterocycles. The van der Waals surface area contributed by atoms with Crippen LogP contribution in [-0.4, -0.2) is 12.0 Å². The smallest absolute Gasteiger partial charge is 0.323 e. The highest BCUT2D eigenvalue weighted by molar-refractivity contribution is 6.30. The summed E-state index contributed by atoms with van der Waals surface area (Å²) >= 11 is 5.81. The van der Waals surface area contributed by atoms with E-state index in [2.05, 4.69) is 0 Å². The monoisotopic (exact) mass is 241 g/mol. The van der Waals surface area contributed by atoms with E-state index in [0.29, 0.717) is 11.4 Å². The Labute approximate surface area is 101 Å². The average Bonchev–Trinajstić information content (AvgIpc) is 2.26. The van der Waals surface area contributed by atoms with Gasteiger partial charge in [-0.2, -0.15) is 0 Å². The van der Waals surface area contributed by atoms with Gasteiger partial charge in [-0.25, -0.2) is 0 Å². The van der Waals surface area contributed by atoms with Crippen molar-refractivity contribution in [1.29, 1.82) is 0 Å². The molecular formula is C12H16ClNO2. The Balaban J connectivity index is 2.42. The van der Waals surface area contributed by atoms with Crippen molar-refractivity contribution in [2.45, 2.75) is 32.4 Å². The summed E-state index contributed by atoms with van der Waals surface area (Å²) in [6.45, 7) is 2.20. The molecule has 16 heavy (non-hydrogen) atoms. The Hall–Kier alpha value is -1.06. The van der Waals surface area contributed by atoms with E-state index in [-0.39, 0.29) is 12.6 Å². The van der Waals surface area contributed by atoms with Gasteiger partial charge in [-0.3, -0.25) is 4.79 Å². The molecule has 0 heterocycles. The summed E-state index contributed by atoms with van der Waals surface area (Å²) in [5, 5.41) is 0.631. The number of benzene rings is 1. The molecule has 1 rings (SSSR count). The van der Waals surface area contributed by atoms with Crippen molar-refractivity contribution >= 4 is 17.6 Å². The molecule has 88 valence electrons. The van der Waals surface area contributed by atoms with Gasteiger partial charge in [-0.15, -0.1) is 0 Å². The highest BCUT2D eigenvalue weighted by Gasteiger charge is 2.13. The Morgan fingerprint density at radius 2 is 2.31 bits per heavy atom. The van der Waals surface area contributed by atoms with Crippen molar-refractivity contribution in [2.24, 2.45) is 5.73 Å². The van der Waals surface area contributed by atoms with Crippen molar-refractivity contribution in [2.75, 3.05) is 0 Å². The minimum Gasteiger partial charge on any atom is -0.460 e. The fraction of sp³-hybridized carbons (Fsp3) is 0.417. The lowest BCUT2D eigenvalue weighted by atomic mass is 10.2. The van der Waals surface area contributed by atoms with Crippen LogP contribution in [0.5, 0.6) is 0 Å². The zero-order valence-electron chi connectivity index (χ0n) is 9.28. The Morgan fingerprint density at radius 1 is 1.56 bits per heavy atom. The molecule has 4 heteroatoms. The third-order valence-corrected chi connectivity index (χ3v) is 2.41. The first-order valence-electron chi connectivity index (χ1n) is 5.30. The van der Waals surface area contributed by atoms with Crippen LogP contribution in [0.3, 0.4) is 0 Å². The van der Waals surface area contributed by atoms with Gasteiger partial charge in [0.25, 0.3) is 0 Å². The largest absolute Gasteiger partial charge is 0.460 e. The van der Waals surface area contributed by atoms with Crippen LogP contribution in [0.1, 0.15) is 25.3 Å². The zero-order chi connectivity index (χ0) is 12.0. The number of hydrogen-bond acceptors (Lipinski definition) is 3. The molecule has 0 aliphatic carbocycles. The van der Waals surface area contributed by atoms with Crippen LogP contribution in [-0.2, 0) is 16.1 Å². The molecule has 0 bridgehead atoms. The number of carbonyl (C=O) groups excluding carboxylic acids is 1. The van der Waals surface area contributed by atoms with E-state index in [4.69, 9.17) is 22.1 Å². The molecule has 0 spiro atoms. The molecule has 0 aromatic heterocycles. The van der Waals surface area contributed by atoms with Crippen LogP contribution >= 0.6 is 11.6 Å². The van der Waals surface area contributed by atoms with E-state index in [0.717, 1.165) is 12.0 Å². The molecule has 1 aromatic rings. The average molecular weight is 242 g/mol. The first kappa shape index (κ1) is 13.0. The molecule has 1 aromatic carbocycles. The van der Waals surface area contributed by atoms with Gasteiger partial charge in [0.1, 0.15) is 12.6 Å². The van der Waals surface area contributed by atoms with Crippen molar-refractivity contribution < 1.29 is 9.53 Å². The first-order valence-corrected chi connectivity index (χ1v) is 5.68. The van der Waals surface area contributed by atoms with Gasteiger partial charge < -0.3 is 10.5 Å².